The number of hydrogen-bond donors (Lipinski definition) is 0. The van der Waals surface area contributed by atoms with Gasteiger partial charge in [0.2, 0.25) is 0 Å². The van der Waals surface area contributed by atoms with Crippen LogP contribution in [0.1, 0.15) is 29.5 Å². The largest absolute Gasteiger partial charge is 0.460 e. The Kier molecular flexibility index (Phi) is 7.53. The Balaban J connectivity index is 1.44. The summed E-state index contributed by atoms with van der Waals surface area (Å²) in [6.07, 6.45) is 0.752. The van der Waals surface area contributed by atoms with Gasteiger partial charge in [-0.05, 0) is 29.5 Å². The zero-order valence-corrected chi connectivity index (χ0v) is 18.7. The summed E-state index contributed by atoms with van der Waals surface area (Å²) in [7, 11) is 0. The van der Waals surface area contributed by atoms with Gasteiger partial charge in [0.1, 0.15) is 13.2 Å². The molecule has 3 aromatic carbocycles. The van der Waals surface area contributed by atoms with Crippen molar-refractivity contribution in [3.05, 3.63) is 108 Å². The molecule has 0 aromatic heterocycles. The molecule has 0 N–H and O–H groups in total. The molecule has 4 rings (SSSR count). The van der Waals surface area contributed by atoms with E-state index in [1.807, 2.05) is 78.9 Å². The number of piperidine rings is 1. The van der Waals surface area contributed by atoms with Crippen LogP contribution in [0.2, 0.25) is 0 Å². The average Bonchev–Trinajstić information content (AvgIpc) is 2.88. The van der Waals surface area contributed by atoms with Crippen molar-refractivity contribution >= 4 is 11.9 Å². The fourth-order valence-corrected chi connectivity index (χ4v) is 4.15. The molecule has 1 saturated heterocycles. The minimum atomic E-state index is -1.28. The van der Waals surface area contributed by atoms with Gasteiger partial charge >= 0.3 is 11.9 Å². The van der Waals surface area contributed by atoms with Crippen molar-refractivity contribution in [2.45, 2.75) is 32.6 Å². The van der Waals surface area contributed by atoms with Gasteiger partial charge in [-0.1, -0.05) is 91.0 Å². The van der Waals surface area contributed by atoms with Gasteiger partial charge in [-0.15, -0.1) is 0 Å². The number of hydrogen-bond acceptors (Lipinski definition) is 5. The van der Waals surface area contributed by atoms with E-state index in [4.69, 9.17) is 9.47 Å². The van der Waals surface area contributed by atoms with E-state index in [1.165, 1.54) is 5.56 Å². The SMILES string of the molecule is O=C(OCc1ccccc1)C1(C(=O)OCc2ccccc2)CCN(Cc2ccccc2)CC1. The van der Waals surface area contributed by atoms with Crippen LogP contribution < -0.4 is 0 Å². The van der Waals surface area contributed by atoms with Crippen molar-refractivity contribution in [1.29, 1.82) is 0 Å². The zero-order valence-electron chi connectivity index (χ0n) is 18.7. The highest BCUT2D eigenvalue weighted by atomic mass is 16.6. The Bertz CT molecular complexity index is 972. The topological polar surface area (TPSA) is 55.8 Å². The van der Waals surface area contributed by atoms with E-state index in [2.05, 4.69) is 17.0 Å². The zero-order chi connectivity index (χ0) is 22.9. The van der Waals surface area contributed by atoms with E-state index in [1.54, 1.807) is 0 Å². The lowest BCUT2D eigenvalue weighted by Gasteiger charge is -2.38. The van der Waals surface area contributed by atoms with Crippen LogP contribution in [0.25, 0.3) is 0 Å². The Labute approximate surface area is 194 Å². The molecule has 3 aromatic rings. The Hall–Kier alpha value is -3.44. The standard InChI is InChI=1S/C28H29NO4/c30-26(32-21-24-12-6-2-7-13-24)28(27(31)33-22-25-14-8-3-9-15-25)16-18-29(19-17-28)20-23-10-4-1-5-11-23/h1-15H,16-22H2. The van der Waals surface area contributed by atoms with Gasteiger partial charge in [0, 0.05) is 19.6 Å². The molecule has 1 aliphatic rings. The molecule has 0 radical (unpaired) electrons. The number of benzene rings is 3. The van der Waals surface area contributed by atoms with Crippen molar-refractivity contribution in [1.82, 2.24) is 4.90 Å². The summed E-state index contributed by atoms with van der Waals surface area (Å²) in [5, 5.41) is 0. The van der Waals surface area contributed by atoms with Gasteiger partial charge in [0.15, 0.2) is 5.41 Å². The van der Waals surface area contributed by atoms with Crippen molar-refractivity contribution in [2.75, 3.05) is 13.1 Å². The lowest BCUT2D eigenvalue weighted by Crippen LogP contribution is -2.50. The summed E-state index contributed by atoms with van der Waals surface area (Å²) in [6.45, 7) is 2.31. The van der Waals surface area contributed by atoms with E-state index in [0.29, 0.717) is 25.9 Å². The van der Waals surface area contributed by atoms with Crippen LogP contribution in [-0.2, 0) is 38.8 Å². The van der Waals surface area contributed by atoms with E-state index >= 15 is 0 Å². The monoisotopic (exact) mass is 443 g/mol. The molecule has 1 heterocycles. The van der Waals surface area contributed by atoms with Crippen LogP contribution in [0.3, 0.4) is 0 Å². The predicted molar refractivity (Wildman–Crippen MR) is 126 cm³/mol. The van der Waals surface area contributed by atoms with Crippen LogP contribution in [0.15, 0.2) is 91.0 Å². The highest BCUT2D eigenvalue weighted by Crippen LogP contribution is 2.36. The molecule has 170 valence electrons. The number of likely N-dealkylation sites (tertiary alicyclic amines) is 1. The van der Waals surface area contributed by atoms with Gasteiger partial charge in [-0.2, -0.15) is 0 Å². The first-order chi connectivity index (χ1) is 16.2. The summed E-state index contributed by atoms with van der Waals surface area (Å²) >= 11 is 0. The fraction of sp³-hybridized carbons (Fsp3) is 0.286. The molecule has 0 amide bonds. The van der Waals surface area contributed by atoms with E-state index in [0.717, 1.165) is 17.7 Å². The third-order valence-corrected chi connectivity index (χ3v) is 6.17. The van der Waals surface area contributed by atoms with E-state index in [9.17, 15) is 9.59 Å². The molecule has 0 unspecified atom stereocenters. The molecular weight excluding hydrogens is 414 g/mol. The van der Waals surface area contributed by atoms with Crippen LogP contribution in [-0.4, -0.2) is 29.9 Å². The molecule has 5 heteroatoms. The molecule has 5 nitrogen and oxygen atoms in total. The first-order valence-corrected chi connectivity index (χ1v) is 11.3. The van der Waals surface area contributed by atoms with Crippen LogP contribution in [0.4, 0.5) is 0 Å². The van der Waals surface area contributed by atoms with Crippen molar-refractivity contribution < 1.29 is 19.1 Å². The van der Waals surface area contributed by atoms with E-state index < -0.39 is 17.4 Å². The summed E-state index contributed by atoms with van der Waals surface area (Å²) in [4.78, 5) is 28.8. The second-order valence-electron chi connectivity index (χ2n) is 8.47. The average molecular weight is 444 g/mol. The van der Waals surface area contributed by atoms with Crippen LogP contribution in [0.5, 0.6) is 0 Å². The van der Waals surface area contributed by atoms with E-state index in [-0.39, 0.29) is 13.2 Å². The fourth-order valence-electron chi connectivity index (χ4n) is 4.15. The third kappa shape index (κ3) is 5.88. The first kappa shape index (κ1) is 22.7. The smallest absolute Gasteiger partial charge is 0.323 e. The minimum Gasteiger partial charge on any atom is -0.460 e. The molecule has 0 aliphatic carbocycles. The molecule has 1 aliphatic heterocycles. The lowest BCUT2D eigenvalue weighted by atomic mass is 9.78. The number of esters is 2. The summed E-state index contributed by atoms with van der Waals surface area (Å²) < 4.78 is 11.3. The number of rotatable bonds is 8. The van der Waals surface area contributed by atoms with Gasteiger partial charge in [-0.25, -0.2) is 0 Å². The highest BCUT2D eigenvalue weighted by Gasteiger charge is 2.50. The lowest BCUT2D eigenvalue weighted by molar-refractivity contribution is -0.178. The number of carbonyl (C=O) groups is 2. The molecule has 0 saturated carbocycles. The third-order valence-electron chi connectivity index (χ3n) is 6.17. The second-order valence-corrected chi connectivity index (χ2v) is 8.47. The number of nitrogens with zero attached hydrogens (tertiary/aromatic N) is 1. The summed E-state index contributed by atoms with van der Waals surface area (Å²) in [6, 6.07) is 29.2. The Morgan fingerprint density at radius 3 is 1.45 bits per heavy atom. The summed E-state index contributed by atoms with van der Waals surface area (Å²) in [5.74, 6) is -0.993. The molecule has 33 heavy (non-hydrogen) atoms. The Morgan fingerprint density at radius 2 is 1.03 bits per heavy atom. The van der Waals surface area contributed by atoms with Crippen molar-refractivity contribution in [3.63, 3.8) is 0 Å². The molecule has 0 atom stereocenters. The minimum absolute atomic E-state index is 0.140. The van der Waals surface area contributed by atoms with Gasteiger partial charge in [-0.3, -0.25) is 14.5 Å². The predicted octanol–water partition coefficient (Wildman–Crippen LogP) is 4.76. The van der Waals surface area contributed by atoms with Crippen molar-refractivity contribution in [2.24, 2.45) is 5.41 Å². The molecule has 1 fully saturated rings. The number of ether oxygens (including phenoxy) is 2. The maximum absolute atomic E-state index is 13.3. The second kappa shape index (κ2) is 10.9. The van der Waals surface area contributed by atoms with Gasteiger partial charge in [0.05, 0.1) is 0 Å². The normalized spacial score (nSPS) is 15.5. The molecular formula is C28H29NO4. The van der Waals surface area contributed by atoms with Gasteiger partial charge in [0.25, 0.3) is 0 Å². The molecule has 0 bridgehead atoms. The van der Waals surface area contributed by atoms with Crippen molar-refractivity contribution in [3.8, 4) is 0 Å². The van der Waals surface area contributed by atoms with Gasteiger partial charge < -0.3 is 9.47 Å². The maximum Gasteiger partial charge on any atom is 0.323 e. The summed E-state index contributed by atoms with van der Waals surface area (Å²) in [5.41, 5.74) is 1.71. The maximum atomic E-state index is 13.3. The number of carbonyl (C=O) groups excluding carboxylic acids is 2. The van der Waals surface area contributed by atoms with Crippen LogP contribution >= 0.6 is 0 Å². The molecule has 0 spiro atoms. The Morgan fingerprint density at radius 1 is 0.636 bits per heavy atom. The quantitative estimate of drug-likeness (QED) is 0.371. The first-order valence-electron chi connectivity index (χ1n) is 11.3. The van der Waals surface area contributed by atoms with Crippen LogP contribution in [0, 0.1) is 5.41 Å². The highest BCUT2D eigenvalue weighted by molar-refractivity contribution is 6.00.